The lowest BCUT2D eigenvalue weighted by atomic mass is 10.0. The van der Waals surface area contributed by atoms with Gasteiger partial charge >= 0.3 is 17.8 Å². The molecule has 1 aromatic carbocycles. The highest BCUT2D eigenvalue weighted by atomic mass is 16.5. The lowest BCUT2D eigenvalue weighted by molar-refractivity contribution is -0.136. The molecule has 2 aromatic rings. The molecule has 0 saturated carbocycles. The van der Waals surface area contributed by atoms with Gasteiger partial charge in [-0.25, -0.2) is 4.79 Å². The van der Waals surface area contributed by atoms with E-state index in [0.717, 1.165) is 0 Å². The number of hydrogen-bond donors (Lipinski definition) is 3. The number of hydrogen-bond acceptors (Lipinski definition) is 6. The van der Waals surface area contributed by atoms with Gasteiger partial charge in [-0.1, -0.05) is 0 Å². The molecule has 8 heteroatoms. The lowest BCUT2D eigenvalue weighted by Crippen LogP contribution is -2.43. The Hall–Kier alpha value is -3.13. The van der Waals surface area contributed by atoms with Crippen molar-refractivity contribution >= 4 is 23.5 Å². The van der Waals surface area contributed by atoms with Crippen LogP contribution in [0.5, 0.6) is 0 Å². The van der Waals surface area contributed by atoms with Crippen LogP contribution in [-0.2, 0) is 19.9 Å². The maximum absolute atomic E-state index is 11.9. The number of aliphatic hydroxyl groups is 1. The predicted molar refractivity (Wildman–Crippen MR) is 87.7 cm³/mol. The van der Waals surface area contributed by atoms with E-state index in [1.54, 1.807) is 12.1 Å². The first-order valence-electron chi connectivity index (χ1n) is 7.37. The molecule has 132 valence electrons. The summed E-state index contributed by atoms with van der Waals surface area (Å²) in [5.41, 5.74) is -0.785. The standard InChI is InChI=1S/C17H18N2O6/c1-17(23,13-4-3-9-25-13)10-18-14(20)15(21)19-12-7-5-11(6-8-12)16(22)24-2/h3-9,23H,10H2,1-2H3,(H,18,20)(H,19,21)/t17-/m0/s1. The van der Waals surface area contributed by atoms with Gasteiger partial charge in [-0.05, 0) is 43.3 Å². The summed E-state index contributed by atoms with van der Waals surface area (Å²) in [6.45, 7) is 1.25. The maximum atomic E-state index is 11.9. The van der Waals surface area contributed by atoms with E-state index < -0.39 is 23.4 Å². The summed E-state index contributed by atoms with van der Waals surface area (Å²) >= 11 is 0. The van der Waals surface area contributed by atoms with E-state index >= 15 is 0 Å². The third-order valence-corrected chi connectivity index (χ3v) is 3.42. The molecule has 0 aliphatic heterocycles. The lowest BCUT2D eigenvalue weighted by Gasteiger charge is -2.20. The molecular formula is C17H18N2O6. The predicted octanol–water partition coefficient (Wildman–Crippen LogP) is 1.03. The van der Waals surface area contributed by atoms with Crippen molar-refractivity contribution in [2.75, 3.05) is 19.0 Å². The van der Waals surface area contributed by atoms with Crippen molar-refractivity contribution in [3.05, 3.63) is 54.0 Å². The van der Waals surface area contributed by atoms with Gasteiger partial charge in [0, 0.05) is 5.69 Å². The summed E-state index contributed by atoms with van der Waals surface area (Å²) in [5.74, 6) is -2.05. The number of amides is 2. The van der Waals surface area contributed by atoms with Crippen LogP contribution in [-0.4, -0.2) is 36.5 Å². The van der Waals surface area contributed by atoms with Crippen molar-refractivity contribution in [1.29, 1.82) is 0 Å². The van der Waals surface area contributed by atoms with Gasteiger partial charge in [0.15, 0.2) is 0 Å². The number of anilines is 1. The van der Waals surface area contributed by atoms with Gasteiger partial charge in [0.1, 0.15) is 11.4 Å². The second kappa shape index (κ2) is 7.63. The third kappa shape index (κ3) is 4.67. The number of rotatable bonds is 5. The van der Waals surface area contributed by atoms with Gasteiger partial charge in [-0.2, -0.15) is 0 Å². The minimum atomic E-state index is -1.44. The van der Waals surface area contributed by atoms with E-state index in [2.05, 4.69) is 15.4 Å². The Balaban J connectivity index is 1.90. The highest BCUT2D eigenvalue weighted by Gasteiger charge is 2.28. The van der Waals surface area contributed by atoms with Crippen LogP contribution in [0.15, 0.2) is 47.1 Å². The van der Waals surface area contributed by atoms with Crippen molar-refractivity contribution in [3.8, 4) is 0 Å². The van der Waals surface area contributed by atoms with E-state index in [1.807, 2.05) is 0 Å². The molecule has 8 nitrogen and oxygen atoms in total. The van der Waals surface area contributed by atoms with Crippen LogP contribution in [0.2, 0.25) is 0 Å². The number of carbonyl (C=O) groups excluding carboxylic acids is 3. The molecule has 1 aromatic heterocycles. The summed E-state index contributed by atoms with van der Waals surface area (Å²) in [7, 11) is 1.26. The van der Waals surface area contributed by atoms with Gasteiger partial charge in [0.25, 0.3) is 0 Å². The van der Waals surface area contributed by atoms with Crippen LogP contribution < -0.4 is 10.6 Å². The zero-order chi connectivity index (χ0) is 18.4. The molecule has 3 N–H and O–H groups in total. The molecule has 1 heterocycles. The van der Waals surface area contributed by atoms with E-state index in [9.17, 15) is 19.5 Å². The molecule has 0 bridgehead atoms. The highest BCUT2D eigenvalue weighted by Crippen LogP contribution is 2.19. The summed E-state index contributed by atoms with van der Waals surface area (Å²) in [6, 6.07) is 9.03. The van der Waals surface area contributed by atoms with Crippen LogP contribution in [0.4, 0.5) is 5.69 Å². The molecule has 0 fully saturated rings. The molecule has 2 rings (SSSR count). The maximum Gasteiger partial charge on any atom is 0.337 e. The Bertz CT molecular complexity index is 750. The van der Waals surface area contributed by atoms with Crippen LogP contribution in [0.25, 0.3) is 0 Å². The fourth-order valence-electron chi connectivity index (χ4n) is 2.00. The van der Waals surface area contributed by atoms with Crippen LogP contribution in [0, 0.1) is 0 Å². The molecule has 0 aliphatic rings. The largest absolute Gasteiger partial charge is 0.466 e. The van der Waals surface area contributed by atoms with Gasteiger partial charge in [0.2, 0.25) is 0 Å². The first kappa shape index (κ1) is 18.2. The number of nitrogens with one attached hydrogen (secondary N) is 2. The molecule has 0 radical (unpaired) electrons. The Morgan fingerprint density at radius 3 is 2.40 bits per heavy atom. The van der Waals surface area contributed by atoms with Crippen LogP contribution >= 0.6 is 0 Å². The Morgan fingerprint density at radius 2 is 1.84 bits per heavy atom. The van der Waals surface area contributed by atoms with Crippen molar-refractivity contribution < 1.29 is 28.6 Å². The van der Waals surface area contributed by atoms with Crippen molar-refractivity contribution in [3.63, 3.8) is 0 Å². The number of esters is 1. The monoisotopic (exact) mass is 346 g/mol. The van der Waals surface area contributed by atoms with Crippen molar-refractivity contribution in [2.24, 2.45) is 0 Å². The number of methoxy groups -OCH3 is 1. The number of furan rings is 1. The fourth-order valence-corrected chi connectivity index (χ4v) is 2.00. The number of carbonyl (C=O) groups is 3. The van der Waals surface area contributed by atoms with Gasteiger partial charge in [0.05, 0.1) is 25.5 Å². The minimum absolute atomic E-state index is 0.200. The van der Waals surface area contributed by atoms with Gasteiger partial charge in [-0.3, -0.25) is 9.59 Å². The number of benzene rings is 1. The molecule has 0 saturated heterocycles. The Kier molecular flexibility index (Phi) is 5.56. The quantitative estimate of drug-likeness (QED) is 0.550. The van der Waals surface area contributed by atoms with E-state index in [-0.39, 0.29) is 12.3 Å². The first-order chi connectivity index (χ1) is 11.8. The van der Waals surface area contributed by atoms with E-state index in [1.165, 1.54) is 44.6 Å². The molecule has 25 heavy (non-hydrogen) atoms. The topological polar surface area (TPSA) is 118 Å². The first-order valence-corrected chi connectivity index (χ1v) is 7.37. The molecule has 1 atom stereocenters. The van der Waals surface area contributed by atoms with E-state index in [0.29, 0.717) is 11.3 Å². The zero-order valence-electron chi connectivity index (χ0n) is 13.7. The molecule has 0 aliphatic carbocycles. The smallest absolute Gasteiger partial charge is 0.337 e. The molecule has 2 amide bonds. The summed E-state index contributed by atoms with van der Waals surface area (Å²) in [4.78, 5) is 35.0. The van der Waals surface area contributed by atoms with Crippen molar-refractivity contribution in [1.82, 2.24) is 5.32 Å². The average Bonchev–Trinajstić information content (AvgIpc) is 3.15. The Labute approximate surface area is 143 Å². The van der Waals surface area contributed by atoms with Gasteiger partial charge < -0.3 is 24.9 Å². The number of ether oxygens (including phenoxy) is 1. The highest BCUT2D eigenvalue weighted by molar-refractivity contribution is 6.39. The normalized spacial score (nSPS) is 12.8. The summed E-state index contributed by atoms with van der Waals surface area (Å²) in [6.07, 6.45) is 1.40. The van der Waals surface area contributed by atoms with Crippen LogP contribution in [0.3, 0.4) is 0 Å². The second-order valence-corrected chi connectivity index (χ2v) is 5.46. The average molecular weight is 346 g/mol. The molecular weight excluding hydrogens is 328 g/mol. The summed E-state index contributed by atoms with van der Waals surface area (Å²) in [5, 5.41) is 14.9. The summed E-state index contributed by atoms with van der Waals surface area (Å²) < 4.78 is 9.65. The second-order valence-electron chi connectivity index (χ2n) is 5.46. The molecule has 0 spiro atoms. The van der Waals surface area contributed by atoms with Crippen LogP contribution in [0.1, 0.15) is 23.0 Å². The third-order valence-electron chi connectivity index (χ3n) is 3.42. The van der Waals surface area contributed by atoms with E-state index in [4.69, 9.17) is 4.42 Å². The SMILES string of the molecule is COC(=O)c1ccc(NC(=O)C(=O)NC[C@](C)(O)c2ccco2)cc1. The fraction of sp³-hybridized carbons (Fsp3) is 0.235. The van der Waals surface area contributed by atoms with Crippen molar-refractivity contribution in [2.45, 2.75) is 12.5 Å². The van der Waals surface area contributed by atoms with Gasteiger partial charge in [-0.15, -0.1) is 0 Å². The zero-order valence-corrected chi connectivity index (χ0v) is 13.7. The minimum Gasteiger partial charge on any atom is -0.466 e. The molecule has 0 unspecified atom stereocenters. The Morgan fingerprint density at radius 1 is 1.16 bits per heavy atom.